The molecule has 16 heavy (non-hydrogen) atoms. The highest BCUT2D eigenvalue weighted by molar-refractivity contribution is 5.96. The fourth-order valence-corrected chi connectivity index (χ4v) is 1.59. The van der Waals surface area contributed by atoms with Crippen molar-refractivity contribution in [2.45, 2.75) is 25.3 Å². The summed E-state index contributed by atoms with van der Waals surface area (Å²) in [7, 11) is 1.37. The number of carbonyl (C=O) groups excluding carboxylic acids is 1. The van der Waals surface area contributed by atoms with Crippen LogP contribution in [0.3, 0.4) is 0 Å². The van der Waals surface area contributed by atoms with Crippen molar-refractivity contribution in [2.75, 3.05) is 18.2 Å². The smallest absolute Gasteiger partial charge is 0.340 e. The SMILES string of the molecule is COC(=O)c1cc(N)ccc1NC1(C)CC1. The van der Waals surface area contributed by atoms with Crippen LogP contribution in [0.25, 0.3) is 0 Å². The summed E-state index contributed by atoms with van der Waals surface area (Å²) in [4.78, 5) is 11.6. The minimum atomic E-state index is -0.362. The molecular formula is C12H16N2O2. The lowest BCUT2D eigenvalue weighted by Gasteiger charge is -2.16. The molecule has 1 aromatic carbocycles. The molecule has 1 aliphatic carbocycles. The van der Waals surface area contributed by atoms with Crippen molar-refractivity contribution in [3.8, 4) is 0 Å². The van der Waals surface area contributed by atoms with Crippen molar-refractivity contribution in [3.63, 3.8) is 0 Å². The van der Waals surface area contributed by atoms with Crippen LogP contribution in [0.15, 0.2) is 18.2 Å². The predicted molar refractivity (Wildman–Crippen MR) is 63.5 cm³/mol. The summed E-state index contributed by atoms with van der Waals surface area (Å²) in [5, 5.41) is 3.35. The van der Waals surface area contributed by atoms with E-state index in [-0.39, 0.29) is 11.5 Å². The van der Waals surface area contributed by atoms with Gasteiger partial charge in [0.05, 0.1) is 12.7 Å². The molecule has 4 nitrogen and oxygen atoms in total. The van der Waals surface area contributed by atoms with Crippen LogP contribution >= 0.6 is 0 Å². The van der Waals surface area contributed by atoms with Gasteiger partial charge in [-0.15, -0.1) is 0 Å². The number of ether oxygens (including phenoxy) is 1. The van der Waals surface area contributed by atoms with Crippen LogP contribution in [-0.2, 0) is 4.74 Å². The molecular weight excluding hydrogens is 204 g/mol. The third kappa shape index (κ3) is 2.10. The molecule has 1 saturated carbocycles. The lowest BCUT2D eigenvalue weighted by molar-refractivity contribution is 0.0602. The van der Waals surface area contributed by atoms with Gasteiger partial charge in [-0.1, -0.05) is 0 Å². The molecule has 0 saturated heterocycles. The average Bonchev–Trinajstić information content (AvgIpc) is 2.98. The number of hydrogen-bond donors (Lipinski definition) is 2. The van der Waals surface area contributed by atoms with Gasteiger partial charge >= 0.3 is 5.97 Å². The van der Waals surface area contributed by atoms with E-state index in [1.54, 1.807) is 12.1 Å². The number of carbonyl (C=O) groups is 1. The van der Waals surface area contributed by atoms with E-state index in [0.717, 1.165) is 18.5 Å². The normalized spacial score (nSPS) is 16.6. The third-order valence-electron chi connectivity index (χ3n) is 2.89. The number of anilines is 2. The molecule has 0 aromatic heterocycles. The van der Waals surface area contributed by atoms with Gasteiger partial charge in [0.25, 0.3) is 0 Å². The first-order valence-electron chi connectivity index (χ1n) is 5.30. The van der Waals surface area contributed by atoms with Crippen molar-refractivity contribution in [1.29, 1.82) is 0 Å². The highest BCUT2D eigenvalue weighted by Crippen LogP contribution is 2.39. The topological polar surface area (TPSA) is 64.3 Å². The maximum absolute atomic E-state index is 11.6. The summed E-state index contributed by atoms with van der Waals surface area (Å²) in [6.07, 6.45) is 2.25. The van der Waals surface area contributed by atoms with E-state index in [0.29, 0.717) is 11.3 Å². The summed E-state index contributed by atoms with van der Waals surface area (Å²) in [6, 6.07) is 5.24. The fraction of sp³-hybridized carbons (Fsp3) is 0.417. The van der Waals surface area contributed by atoms with Crippen molar-refractivity contribution in [2.24, 2.45) is 0 Å². The Balaban J connectivity index is 2.31. The molecule has 0 radical (unpaired) electrons. The first-order chi connectivity index (χ1) is 7.54. The molecule has 0 unspecified atom stereocenters. The zero-order valence-electron chi connectivity index (χ0n) is 9.54. The van der Waals surface area contributed by atoms with Gasteiger partial charge in [0.1, 0.15) is 0 Å². The Morgan fingerprint density at radius 3 is 2.75 bits per heavy atom. The van der Waals surface area contributed by atoms with Gasteiger partial charge < -0.3 is 15.8 Å². The molecule has 0 heterocycles. The molecule has 0 bridgehead atoms. The summed E-state index contributed by atoms with van der Waals surface area (Å²) in [6.45, 7) is 2.13. The number of hydrogen-bond acceptors (Lipinski definition) is 4. The number of nitrogen functional groups attached to an aromatic ring is 1. The summed E-state index contributed by atoms with van der Waals surface area (Å²) in [5.41, 5.74) is 7.64. The molecule has 86 valence electrons. The molecule has 3 N–H and O–H groups in total. The van der Waals surface area contributed by atoms with E-state index >= 15 is 0 Å². The van der Waals surface area contributed by atoms with Gasteiger partial charge in [-0.05, 0) is 38.0 Å². The molecule has 0 spiro atoms. The van der Waals surface area contributed by atoms with E-state index in [1.165, 1.54) is 7.11 Å². The average molecular weight is 220 g/mol. The second-order valence-corrected chi connectivity index (χ2v) is 4.48. The lowest BCUT2D eigenvalue weighted by Crippen LogP contribution is -2.18. The lowest BCUT2D eigenvalue weighted by atomic mass is 10.1. The first-order valence-corrected chi connectivity index (χ1v) is 5.30. The number of esters is 1. The Morgan fingerprint density at radius 1 is 1.50 bits per heavy atom. The Hall–Kier alpha value is -1.71. The van der Waals surface area contributed by atoms with E-state index in [4.69, 9.17) is 10.5 Å². The van der Waals surface area contributed by atoms with Crippen molar-refractivity contribution in [3.05, 3.63) is 23.8 Å². The maximum atomic E-state index is 11.6. The van der Waals surface area contributed by atoms with Gasteiger partial charge in [-0.25, -0.2) is 4.79 Å². The highest BCUT2D eigenvalue weighted by atomic mass is 16.5. The van der Waals surface area contributed by atoms with Crippen LogP contribution in [0, 0.1) is 0 Å². The van der Waals surface area contributed by atoms with Crippen LogP contribution in [-0.4, -0.2) is 18.6 Å². The zero-order valence-corrected chi connectivity index (χ0v) is 9.54. The van der Waals surface area contributed by atoms with E-state index in [1.807, 2.05) is 6.07 Å². The monoisotopic (exact) mass is 220 g/mol. The Kier molecular flexibility index (Phi) is 2.50. The summed E-state index contributed by atoms with van der Waals surface area (Å²) < 4.78 is 4.73. The second kappa shape index (κ2) is 3.70. The van der Waals surface area contributed by atoms with E-state index in [2.05, 4.69) is 12.2 Å². The van der Waals surface area contributed by atoms with E-state index < -0.39 is 0 Å². The fourth-order valence-electron chi connectivity index (χ4n) is 1.59. The zero-order chi connectivity index (χ0) is 11.8. The number of methoxy groups -OCH3 is 1. The second-order valence-electron chi connectivity index (χ2n) is 4.48. The van der Waals surface area contributed by atoms with Crippen LogP contribution in [0.2, 0.25) is 0 Å². The summed E-state index contributed by atoms with van der Waals surface area (Å²) in [5.74, 6) is -0.362. The van der Waals surface area contributed by atoms with Gasteiger partial charge in [0.15, 0.2) is 0 Å². The molecule has 0 aliphatic heterocycles. The third-order valence-corrected chi connectivity index (χ3v) is 2.89. The van der Waals surface area contributed by atoms with Crippen LogP contribution in [0.5, 0.6) is 0 Å². The Morgan fingerprint density at radius 2 is 2.19 bits per heavy atom. The Bertz CT molecular complexity index is 425. The van der Waals surface area contributed by atoms with Crippen molar-refractivity contribution >= 4 is 17.3 Å². The molecule has 0 amide bonds. The van der Waals surface area contributed by atoms with Crippen LogP contribution < -0.4 is 11.1 Å². The van der Waals surface area contributed by atoms with Gasteiger partial charge in [-0.3, -0.25) is 0 Å². The van der Waals surface area contributed by atoms with Gasteiger partial charge in [0, 0.05) is 16.9 Å². The maximum Gasteiger partial charge on any atom is 0.340 e. The van der Waals surface area contributed by atoms with Crippen molar-refractivity contribution < 1.29 is 9.53 Å². The van der Waals surface area contributed by atoms with Crippen molar-refractivity contribution in [1.82, 2.24) is 0 Å². The highest BCUT2D eigenvalue weighted by Gasteiger charge is 2.37. The summed E-state index contributed by atoms with van der Waals surface area (Å²) >= 11 is 0. The van der Waals surface area contributed by atoms with Gasteiger partial charge in [-0.2, -0.15) is 0 Å². The largest absolute Gasteiger partial charge is 0.465 e. The number of benzene rings is 1. The minimum Gasteiger partial charge on any atom is -0.465 e. The number of nitrogens with two attached hydrogens (primary N) is 1. The quantitative estimate of drug-likeness (QED) is 0.604. The predicted octanol–water partition coefficient (Wildman–Crippen LogP) is 2.02. The standard InChI is InChI=1S/C12H16N2O2/c1-12(5-6-12)14-10-4-3-8(13)7-9(10)11(15)16-2/h3-4,7,14H,5-6,13H2,1-2H3. The van der Waals surface area contributed by atoms with E-state index in [9.17, 15) is 4.79 Å². The van der Waals surface area contributed by atoms with Crippen LogP contribution in [0.4, 0.5) is 11.4 Å². The number of nitrogens with one attached hydrogen (secondary N) is 1. The van der Waals surface area contributed by atoms with Crippen LogP contribution in [0.1, 0.15) is 30.1 Å². The molecule has 4 heteroatoms. The molecule has 1 fully saturated rings. The number of rotatable bonds is 3. The van der Waals surface area contributed by atoms with Gasteiger partial charge in [0.2, 0.25) is 0 Å². The minimum absolute atomic E-state index is 0.124. The Labute approximate surface area is 94.8 Å². The molecule has 1 aromatic rings. The first kappa shape index (κ1) is 10.8. The molecule has 0 atom stereocenters. The molecule has 2 rings (SSSR count). The molecule has 1 aliphatic rings.